The van der Waals surface area contributed by atoms with Crippen LogP contribution >= 0.6 is 11.3 Å². The van der Waals surface area contributed by atoms with Crippen LogP contribution in [0.2, 0.25) is 0 Å². The van der Waals surface area contributed by atoms with Crippen molar-refractivity contribution in [1.82, 2.24) is 14.1 Å². The van der Waals surface area contributed by atoms with Gasteiger partial charge in [0.25, 0.3) is 5.56 Å². The van der Waals surface area contributed by atoms with Gasteiger partial charge in [-0.15, -0.1) is 0 Å². The summed E-state index contributed by atoms with van der Waals surface area (Å²) in [6.45, 7) is 5.24. The van der Waals surface area contributed by atoms with Crippen LogP contribution in [0.3, 0.4) is 0 Å². The fourth-order valence-electron chi connectivity index (χ4n) is 2.54. The molecule has 1 N–H and O–H groups in total. The molecule has 120 valence electrons. The second-order valence-electron chi connectivity index (χ2n) is 5.53. The minimum Gasteiger partial charge on any atom is -0.311 e. The molecular formula is C15H14FN3O3S. The molecule has 0 aliphatic heterocycles. The van der Waals surface area contributed by atoms with Gasteiger partial charge in [0.15, 0.2) is 0 Å². The maximum atomic E-state index is 14.4. The van der Waals surface area contributed by atoms with Crippen molar-refractivity contribution in [3.63, 3.8) is 0 Å². The van der Waals surface area contributed by atoms with E-state index in [9.17, 15) is 18.8 Å². The number of H-pyrrole nitrogens is 1. The number of hydrogen-bond donors (Lipinski definition) is 1. The lowest BCUT2D eigenvalue weighted by molar-refractivity contribution is 0.603. The molecule has 0 aliphatic rings. The number of aryl methyl sites for hydroxylation is 1. The van der Waals surface area contributed by atoms with Crippen LogP contribution in [0.15, 0.2) is 32.6 Å². The highest BCUT2D eigenvalue weighted by Gasteiger charge is 2.17. The first-order chi connectivity index (χ1) is 10.8. The van der Waals surface area contributed by atoms with Gasteiger partial charge >= 0.3 is 10.6 Å². The minimum atomic E-state index is -0.730. The molecule has 0 amide bonds. The summed E-state index contributed by atoms with van der Waals surface area (Å²) in [4.78, 5) is 38.4. The van der Waals surface area contributed by atoms with Crippen LogP contribution in [-0.2, 0) is 0 Å². The van der Waals surface area contributed by atoms with Crippen LogP contribution in [0.5, 0.6) is 0 Å². The topological polar surface area (TPSA) is 76.9 Å². The molecule has 8 heteroatoms. The summed E-state index contributed by atoms with van der Waals surface area (Å²) in [7, 11) is 0. The van der Waals surface area contributed by atoms with Gasteiger partial charge < -0.3 is 4.98 Å². The lowest BCUT2D eigenvalue weighted by Gasteiger charge is -2.10. The van der Waals surface area contributed by atoms with Crippen LogP contribution in [0.4, 0.5) is 4.39 Å². The van der Waals surface area contributed by atoms with Gasteiger partial charge in [0, 0.05) is 17.8 Å². The molecule has 0 atom stereocenters. The highest BCUT2D eigenvalue weighted by atomic mass is 32.1. The average molecular weight is 335 g/mol. The Labute approximate surface area is 133 Å². The lowest BCUT2D eigenvalue weighted by Crippen LogP contribution is -2.34. The van der Waals surface area contributed by atoms with Crippen LogP contribution < -0.4 is 16.1 Å². The number of benzene rings is 1. The highest BCUT2D eigenvalue weighted by molar-refractivity contribution is 7.16. The Bertz CT molecular complexity index is 1060. The normalized spacial score (nSPS) is 11.5. The van der Waals surface area contributed by atoms with Crippen molar-refractivity contribution in [2.75, 3.05) is 0 Å². The molecule has 0 saturated heterocycles. The lowest BCUT2D eigenvalue weighted by atomic mass is 10.2. The van der Waals surface area contributed by atoms with E-state index in [0.717, 1.165) is 15.9 Å². The van der Waals surface area contributed by atoms with E-state index in [1.165, 1.54) is 22.8 Å². The van der Waals surface area contributed by atoms with Gasteiger partial charge in [0.1, 0.15) is 5.82 Å². The Morgan fingerprint density at radius 2 is 1.87 bits per heavy atom. The predicted octanol–water partition coefficient (Wildman–Crippen LogP) is 1.93. The summed E-state index contributed by atoms with van der Waals surface area (Å²) < 4.78 is 17.1. The SMILES string of the molecule is Cc1cc(=O)n(-c2cc3c(cc2F)sc(=O)n3C(C)C)c(=O)[nH]1. The molecule has 6 nitrogen and oxygen atoms in total. The third-order valence-corrected chi connectivity index (χ3v) is 4.42. The maximum absolute atomic E-state index is 14.4. The molecule has 0 bridgehead atoms. The number of rotatable bonds is 2. The van der Waals surface area contributed by atoms with Gasteiger partial charge in [-0.25, -0.2) is 13.8 Å². The number of aromatic amines is 1. The molecule has 2 aromatic heterocycles. The van der Waals surface area contributed by atoms with Crippen LogP contribution in [0.1, 0.15) is 25.6 Å². The van der Waals surface area contributed by atoms with E-state index in [1.54, 1.807) is 6.92 Å². The number of hydrogen-bond acceptors (Lipinski definition) is 4. The van der Waals surface area contributed by atoms with Crippen LogP contribution in [0.25, 0.3) is 15.9 Å². The van der Waals surface area contributed by atoms with Gasteiger partial charge in [0.2, 0.25) is 0 Å². The molecule has 3 rings (SSSR count). The third kappa shape index (κ3) is 2.44. The molecule has 0 radical (unpaired) electrons. The van der Waals surface area contributed by atoms with E-state index in [2.05, 4.69) is 4.98 Å². The van der Waals surface area contributed by atoms with Crippen molar-refractivity contribution >= 4 is 21.6 Å². The zero-order chi connectivity index (χ0) is 16.9. The van der Waals surface area contributed by atoms with Crippen molar-refractivity contribution in [2.45, 2.75) is 26.8 Å². The highest BCUT2D eigenvalue weighted by Crippen LogP contribution is 2.25. The Morgan fingerprint density at radius 1 is 1.17 bits per heavy atom. The molecule has 1 aromatic carbocycles. The molecule has 3 aromatic rings. The smallest absolute Gasteiger partial charge is 0.311 e. The molecule has 0 fully saturated rings. The van der Waals surface area contributed by atoms with E-state index in [-0.39, 0.29) is 16.6 Å². The quantitative estimate of drug-likeness (QED) is 0.777. The van der Waals surface area contributed by atoms with Gasteiger partial charge in [-0.3, -0.25) is 14.2 Å². The van der Waals surface area contributed by atoms with Crippen molar-refractivity contribution in [1.29, 1.82) is 0 Å². The first-order valence-electron chi connectivity index (χ1n) is 6.97. The first-order valence-corrected chi connectivity index (χ1v) is 7.79. The summed E-state index contributed by atoms with van der Waals surface area (Å²) in [6.07, 6.45) is 0. The molecule has 0 aliphatic carbocycles. The molecule has 23 heavy (non-hydrogen) atoms. The number of fused-ring (bicyclic) bond motifs is 1. The van der Waals surface area contributed by atoms with Gasteiger partial charge in [0.05, 0.1) is 15.9 Å². The van der Waals surface area contributed by atoms with Gasteiger partial charge in [-0.05, 0) is 32.9 Å². The van der Waals surface area contributed by atoms with Crippen LogP contribution in [-0.4, -0.2) is 14.1 Å². The molecular weight excluding hydrogens is 321 g/mol. The fraction of sp³-hybridized carbons (Fsp3) is 0.267. The Morgan fingerprint density at radius 3 is 2.48 bits per heavy atom. The van der Waals surface area contributed by atoms with Crippen molar-refractivity contribution in [3.8, 4) is 5.69 Å². The third-order valence-electron chi connectivity index (χ3n) is 3.51. The van der Waals surface area contributed by atoms with E-state index in [0.29, 0.717) is 15.9 Å². The second-order valence-corrected chi connectivity index (χ2v) is 6.53. The largest absolute Gasteiger partial charge is 0.333 e. The van der Waals surface area contributed by atoms with E-state index in [1.807, 2.05) is 13.8 Å². The predicted molar refractivity (Wildman–Crippen MR) is 87.4 cm³/mol. The van der Waals surface area contributed by atoms with E-state index in [4.69, 9.17) is 0 Å². The summed E-state index contributed by atoms with van der Waals surface area (Å²) >= 11 is 0.930. The standard InChI is InChI=1S/C15H14FN3O3S/c1-7(2)18-11-6-10(9(16)5-12(11)23-15(18)22)19-13(20)4-8(3)17-14(19)21/h4-7H,1-3H3,(H,17,21). The number of thiazole rings is 1. The molecule has 0 spiro atoms. The van der Waals surface area contributed by atoms with Crippen molar-refractivity contribution in [2.24, 2.45) is 0 Å². The number of nitrogens with zero attached hydrogens (tertiary/aromatic N) is 2. The zero-order valence-electron chi connectivity index (χ0n) is 12.7. The Kier molecular flexibility index (Phi) is 3.56. The summed E-state index contributed by atoms with van der Waals surface area (Å²) in [5.74, 6) is -0.730. The Balaban J connectivity index is 2.42. The van der Waals surface area contributed by atoms with Crippen molar-refractivity contribution < 1.29 is 4.39 Å². The molecule has 0 saturated carbocycles. The fourth-order valence-corrected chi connectivity index (χ4v) is 3.56. The van der Waals surface area contributed by atoms with Gasteiger partial charge in [-0.1, -0.05) is 11.3 Å². The van der Waals surface area contributed by atoms with E-state index < -0.39 is 17.1 Å². The monoisotopic (exact) mass is 335 g/mol. The maximum Gasteiger partial charge on any atom is 0.333 e. The van der Waals surface area contributed by atoms with E-state index >= 15 is 0 Å². The number of aromatic nitrogens is 3. The summed E-state index contributed by atoms with van der Waals surface area (Å²) in [5.41, 5.74) is -0.623. The van der Waals surface area contributed by atoms with Crippen molar-refractivity contribution in [3.05, 3.63) is 60.2 Å². The summed E-state index contributed by atoms with van der Waals surface area (Å²) in [5, 5.41) is 0. The average Bonchev–Trinajstić information content (AvgIpc) is 2.72. The minimum absolute atomic E-state index is 0.123. The molecule has 0 unspecified atom stereocenters. The Hall–Kier alpha value is -2.48. The second kappa shape index (κ2) is 5.31. The number of halogens is 1. The van der Waals surface area contributed by atoms with Crippen LogP contribution in [0, 0.1) is 12.7 Å². The number of nitrogens with one attached hydrogen (secondary N) is 1. The first kappa shape index (κ1) is 15.4. The van der Waals surface area contributed by atoms with Gasteiger partial charge in [-0.2, -0.15) is 0 Å². The molecule has 2 heterocycles. The zero-order valence-corrected chi connectivity index (χ0v) is 13.5. The summed E-state index contributed by atoms with van der Waals surface area (Å²) in [6, 6.07) is 3.65.